The van der Waals surface area contributed by atoms with Crippen LogP contribution in [-0.4, -0.2) is 36.7 Å². The number of ether oxygens (including phenoxy) is 1. The van der Waals surface area contributed by atoms with Gasteiger partial charge in [0.15, 0.2) is 24.8 Å². The van der Waals surface area contributed by atoms with Gasteiger partial charge in [0.1, 0.15) is 0 Å². The van der Waals surface area contributed by atoms with Gasteiger partial charge in [-0.15, -0.1) is 0 Å². The highest BCUT2D eigenvalue weighted by Crippen LogP contribution is 2.60. The Morgan fingerprint density at radius 1 is 0.744 bits per heavy atom. The molecule has 11 heteroatoms. The summed E-state index contributed by atoms with van der Waals surface area (Å²) < 4.78 is 88.5. The minimum absolute atomic E-state index is 0.0146. The molecule has 5 nitrogen and oxygen atoms in total. The standard InChI is InChI=1S/C18H15S.C14H18F4O5S/c1-4-10-16(11-5-1)19(17-12-6-2-7-13-17)18-14-8-3-9-15-18;15-13(14(16,17)18,24(20,21)22)11(19)23-7-12-4-8-1-9(5-12)3-10(2-8)6-12/h1-15H;8-10H,1-7H2,(H,20,21,22)/q+1;/p-1. The quantitative estimate of drug-likeness (QED) is 0.118. The van der Waals surface area contributed by atoms with Crippen LogP contribution >= 0.6 is 0 Å². The lowest BCUT2D eigenvalue weighted by molar-refractivity contribution is -0.219. The maximum atomic E-state index is 13.9. The summed E-state index contributed by atoms with van der Waals surface area (Å²) in [6.07, 6.45) is -1.07. The van der Waals surface area contributed by atoms with Crippen LogP contribution in [0.2, 0.25) is 0 Å². The van der Waals surface area contributed by atoms with E-state index >= 15 is 0 Å². The highest BCUT2D eigenvalue weighted by atomic mass is 32.2. The smallest absolute Gasteiger partial charge is 0.447 e. The molecule has 4 bridgehead atoms. The number of hydrogen-bond donors (Lipinski definition) is 0. The van der Waals surface area contributed by atoms with Crippen molar-refractivity contribution < 1.29 is 40.1 Å². The van der Waals surface area contributed by atoms with Gasteiger partial charge in [0.05, 0.1) is 17.5 Å². The van der Waals surface area contributed by atoms with Gasteiger partial charge in [0, 0.05) is 5.41 Å². The van der Waals surface area contributed by atoms with Crippen molar-refractivity contribution >= 4 is 27.0 Å². The van der Waals surface area contributed by atoms with E-state index in [0.717, 1.165) is 19.3 Å². The second kappa shape index (κ2) is 12.2. The van der Waals surface area contributed by atoms with Gasteiger partial charge in [0.2, 0.25) is 0 Å². The predicted octanol–water partition coefficient (Wildman–Crippen LogP) is 7.30. The summed E-state index contributed by atoms with van der Waals surface area (Å²) in [6, 6.07) is 32.2. The molecule has 0 radical (unpaired) electrons. The first-order valence-corrected chi connectivity index (χ1v) is 16.7. The summed E-state index contributed by atoms with van der Waals surface area (Å²) in [6.45, 7) is -0.480. The number of alkyl halides is 4. The molecule has 0 aromatic heterocycles. The molecule has 4 aliphatic carbocycles. The molecule has 1 unspecified atom stereocenters. The third-order valence-corrected chi connectivity index (χ3v) is 11.9. The molecule has 0 N–H and O–H groups in total. The molecular weight excluding hydrogens is 604 g/mol. The molecule has 43 heavy (non-hydrogen) atoms. The van der Waals surface area contributed by atoms with E-state index in [0.29, 0.717) is 37.0 Å². The zero-order valence-electron chi connectivity index (χ0n) is 23.2. The van der Waals surface area contributed by atoms with E-state index in [1.165, 1.54) is 14.7 Å². The Hall–Kier alpha value is -2.89. The zero-order chi connectivity index (χ0) is 30.9. The van der Waals surface area contributed by atoms with Crippen LogP contribution in [0.15, 0.2) is 106 Å². The molecule has 4 fully saturated rings. The lowest BCUT2D eigenvalue weighted by Gasteiger charge is -2.56. The van der Waals surface area contributed by atoms with Crippen molar-refractivity contribution in [2.75, 3.05) is 6.61 Å². The Morgan fingerprint density at radius 2 is 1.09 bits per heavy atom. The second-order valence-electron chi connectivity index (χ2n) is 11.8. The fraction of sp³-hybridized carbons (Fsp3) is 0.406. The van der Waals surface area contributed by atoms with E-state index in [9.17, 15) is 35.3 Å². The summed E-state index contributed by atoms with van der Waals surface area (Å²) >= 11 is 0. The number of halogens is 4. The molecule has 7 rings (SSSR count). The average molecular weight is 637 g/mol. The second-order valence-corrected chi connectivity index (χ2v) is 15.3. The number of rotatable bonds is 7. The Bertz CT molecular complexity index is 1370. The summed E-state index contributed by atoms with van der Waals surface area (Å²) in [5, 5.41) is -5.57. The van der Waals surface area contributed by atoms with Crippen molar-refractivity contribution in [3.05, 3.63) is 91.0 Å². The van der Waals surface area contributed by atoms with Gasteiger partial charge >= 0.3 is 17.1 Å². The van der Waals surface area contributed by atoms with E-state index in [1.807, 2.05) is 0 Å². The topological polar surface area (TPSA) is 83.5 Å². The molecule has 0 aliphatic heterocycles. The van der Waals surface area contributed by atoms with Crippen molar-refractivity contribution in [1.82, 2.24) is 0 Å². The normalized spacial score (nSPS) is 25.9. The third kappa shape index (κ3) is 6.63. The van der Waals surface area contributed by atoms with E-state index < -0.39 is 39.3 Å². The molecule has 4 aliphatic rings. The molecule has 0 spiro atoms. The maximum absolute atomic E-state index is 13.9. The highest BCUT2D eigenvalue weighted by molar-refractivity contribution is 7.97. The van der Waals surface area contributed by atoms with E-state index in [4.69, 9.17) is 0 Å². The van der Waals surface area contributed by atoms with Crippen molar-refractivity contribution in [2.45, 2.75) is 64.4 Å². The first kappa shape index (κ1) is 31.5. The van der Waals surface area contributed by atoms with Crippen molar-refractivity contribution in [1.29, 1.82) is 0 Å². The minimum Gasteiger partial charge on any atom is -0.745 e. The van der Waals surface area contributed by atoms with Gasteiger partial charge in [-0.1, -0.05) is 54.6 Å². The van der Waals surface area contributed by atoms with Crippen LogP contribution in [0.5, 0.6) is 0 Å². The average Bonchev–Trinajstić information content (AvgIpc) is 2.96. The molecule has 0 amide bonds. The Morgan fingerprint density at radius 3 is 1.40 bits per heavy atom. The molecule has 4 saturated carbocycles. The number of carbonyl (C=O) groups excluding carboxylic acids is 1. The van der Waals surface area contributed by atoms with Crippen LogP contribution in [0.1, 0.15) is 38.5 Å². The molecule has 1 atom stereocenters. The van der Waals surface area contributed by atoms with Gasteiger partial charge < -0.3 is 9.29 Å². The van der Waals surface area contributed by atoms with Gasteiger partial charge in [-0.3, -0.25) is 0 Å². The van der Waals surface area contributed by atoms with Crippen LogP contribution in [0.25, 0.3) is 0 Å². The Kier molecular flexibility index (Phi) is 8.98. The molecule has 230 valence electrons. The molecule has 3 aromatic carbocycles. The van der Waals surface area contributed by atoms with E-state index in [-0.39, 0.29) is 10.9 Å². The van der Waals surface area contributed by atoms with Gasteiger partial charge in [-0.25, -0.2) is 17.6 Å². The fourth-order valence-electron chi connectivity index (χ4n) is 7.22. The maximum Gasteiger partial charge on any atom is 0.447 e. The highest BCUT2D eigenvalue weighted by Gasteiger charge is 2.69. The van der Waals surface area contributed by atoms with Crippen molar-refractivity contribution in [2.24, 2.45) is 23.2 Å². The lowest BCUT2D eigenvalue weighted by Crippen LogP contribution is -2.56. The summed E-state index contributed by atoms with van der Waals surface area (Å²) in [7, 11) is -6.63. The summed E-state index contributed by atoms with van der Waals surface area (Å²) in [5.74, 6) is -1.44. The minimum atomic E-state index is -6.62. The molecule has 0 heterocycles. The number of esters is 1. The lowest BCUT2D eigenvalue weighted by atomic mass is 9.50. The van der Waals surface area contributed by atoms with Crippen LogP contribution in [-0.2, 0) is 30.5 Å². The zero-order valence-corrected chi connectivity index (χ0v) is 24.8. The number of benzene rings is 3. The Balaban J connectivity index is 0.000000176. The van der Waals surface area contributed by atoms with E-state index in [1.54, 1.807) is 0 Å². The van der Waals surface area contributed by atoms with Gasteiger partial charge in [-0.2, -0.15) is 13.2 Å². The third-order valence-electron chi connectivity index (χ3n) is 8.58. The van der Waals surface area contributed by atoms with Crippen LogP contribution < -0.4 is 0 Å². The Labute approximate surface area is 251 Å². The van der Waals surface area contributed by atoms with Gasteiger partial charge in [-0.05, 0) is 92.7 Å². The van der Waals surface area contributed by atoms with Gasteiger partial charge in [0.25, 0.3) is 0 Å². The van der Waals surface area contributed by atoms with Crippen LogP contribution in [0.4, 0.5) is 17.6 Å². The SMILES string of the molecule is O=C(OCC12CC3CC(CC(C3)C1)C2)C(F)(C(F)(F)F)S(=O)(=O)[O-].c1ccc([S+](c2ccccc2)c2ccccc2)cc1. The first-order valence-electron chi connectivity index (χ1n) is 14.1. The monoisotopic (exact) mass is 636 g/mol. The molecule has 0 saturated heterocycles. The first-order chi connectivity index (χ1) is 20.3. The molecule has 3 aromatic rings. The molecular formula is C32H32F4O5S2. The van der Waals surface area contributed by atoms with Crippen molar-refractivity contribution in [3.8, 4) is 0 Å². The van der Waals surface area contributed by atoms with Crippen molar-refractivity contribution in [3.63, 3.8) is 0 Å². The van der Waals surface area contributed by atoms with Crippen LogP contribution in [0.3, 0.4) is 0 Å². The number of carbonyl (C=O) groups is 1. The summed E-state index contributed by atoms with van der Waals surface area (Å²) in [5.41, 5.74) is -0.524. The number of hydrogen-bond acceptors (Lipinski definition) is 5. The fourth-order valence-corrected chi connectivity index (χ4v) is 9.87. The van der Waals surface area contributed by atoms with E-state index in [2.05, 4.69) is 95.7 Å². The van der Waals surface area contributed by atoms with Crippen LogP contribution in [0, 0.1) is 23.2 Å². The largest absolute Gasteiger partial charge is 0.745 e. The summed E-state index contributed by atoms with van der Waals surface area (Å²) in [4.78, 5) is 15.6. The predicted molar refractivity (Wildman–Crippen MR) is 153 cm³/mol.